The highest BCUT2D eigenvalue weighted by Gasteiger charge is 2.00. The summed E-state index contributed by atoms with van der Waals surface area (Å²) in [5, 5.41) is 6.97. The average molecular weight is 346 g/mol. The summed E-state index contributed by atoms with van der Waals surface area (Å²) in [4.78, 5) is 4.37. The summed E-state index contributed by atoms with van der Waals surface area (Å²) in [7, 11) is 0. The Morgan fingerprint density at radius 3 is 2.74 bits per heavy atom. The van der Waals surface area contributed by atoms with Gasteiger partial charge in [0.25, 0.3) is 0 Å². The van der Waals surface area contributed by atoms with Crippen molar-refractivity contribution in [3.05, 3.63) is 59.3 Å². The molecule has 0 atom stereocenters. The summed E-state index contributed by atoms with van der Waals surface area (Å²) in [5.74, 6) is 2.98. The molecule has 3 nitrogen and oxygen atoms in total. The van der Waals surface area contributed by atoms with Crippen LogP contribution in [0.3, 0.4) is 0 Å². The fraction of sp³-hybridized carbons (Fsp3) is 0.333. The van der Waals surface area contributed by atoms with Crippen molar-refractivity contribution in [2.75, 3.05) is 17.6 Å². The van der Waals surface area contributed by atoms with Crippen LogP contribution in [0, 0.1) is 13.8 Å². The van der Waals surface area contributed by atoms with Crippen LogP contribution in [0.1, 0.15) is 23.2 Å². The molecule has 0 spiro atoms. The standard InChI is InChI=1S/C18H23N3S2/c1-14-7-3-4-9-16(14)13-23-12-6-11-19-18(22)21-17-10-5-8-15(2)20-17/h3-5,7-10H,6,11-13H2,1-2H3,(H2,19,20,21,22). The van der Waals surface area contributed by atoms with Crippen molar-refractivity contribution in [3.8, 4) is 0 Å². The van der Waals surface area contributed by atoms with Gasteiger partial charge in [0.2, 0.25) is 0 Å². The van der Waals surface area contributed by atoms with Gasteiger partial charge in [0.05, 0.1) is 0 Å². The van der Waals surface area contributed by atoms with E-state index in [0.29, 0.717) is 5.11 Å². The average Bonchev–Trinajstić information content (AvgIpc) is 2.52. The van der Waals surface area contributed by atoms with Gasteiger partial charge in [-0.2, -0.15) is 11.8 Å². The fourth-order valence-electron chi connectivity index (χ4n) is 2.10. The maximum Gasteiger partial charge on any atom is 0.171 e. The van der Waals surface area contributed by atoms with Gasteiger partial charge in [-0.3, -0.25) is 0 Å². The summed E-state index contributed by atoms with van der Waals surface area (Å²) < 4.78 is 0. The smallest absolute Gasteiger partial charge is 0.171 e. The van der Waals surface area contributed by atoms with Gasteiger partial charge in [-0.25, -0.2) is 4.98 Å². The van der Waals surface area contributed by atoms with E-state index in [9.17, 15) is 0 Å². The van der Waals surface area contributed by atoms with Crippen LogP contribution in [0.25, 0.3) is 0 Å². The lowest BCUT2D eigenvalue weighted by Gasteiger charge is -2.10. The Kier molecular flexibility index (Phi) is 7.36. The van der Waals surface area contributed by atoms with Crippen LogP contribution in [-0.2, 0) is 5.75 Å². The van der Waals surface area contributed by atoms with E-state index in [2.05, 4.69) is 46.8 Å². The molecule has 2 aromatic rings. The Balaban J connectivity index is 1.58. The molecule has 0 radical (unpaired) electrons. The first-order chi connectivity index (χ1) is 11.1. The second-order valence-corrected chi connectivity index (χ2v) is 6.89. The largest absolute Gasteiger partial charge is 0.362 e. The van der Waals surface area contributed by atoms with Gasteiger partial charge in [0.15, 0.2) is 5.11 Å². The molecule has 122 valence electrons. The van der Waals surface area contributed by atoms with E-state index in [0.717, 1.165) is 36.0 Å². The van der Waals surface area contributed by atoms with Gasteiger partial charge >= 0.3 is 0 Å². The Hall–Kier alpha value is -1.59. The third kappa shape index (κ3) is 6.59. The number of nitrogens with one attached hydrogen (secondary N) is 2. The van der Waals surface area contributed by atoms with Crippen molar-refractivity contribution in [1.82, 2.24) is 10.3 Å². The minimum Gasteiger partial charge on any atom is -0.362 e. The second-order valence-electron chi connectivity index (χ2n) is 5.38. The first-order valence-electron chi connectivity index (χ1n) is 7.76. The fourth-order valence-corrected chi connectivity index (χ4v) is 3.35. The number of hydrogen-bond donors (Lipinski definition) is 2. The molecule has 0 bridgehead atoms. The lowest BCUT2D eigenvalue weighted by atomic mass is 10.1. The molecule has 2 N–H and O–H groups in total. The molecule has 0 saturated carbocycles. The van der Waals surface area contributed by atoms with E-state index in [-0.39, 0.29) is 0 Å². The predicted octanol–water partition coefficient (Wildman–Crippen LogP) is 4.31. The number of hydrogen-bond acceptors (Lipinski definition) is 3. The first kappa shape index (κ1) is 17.8. The zero-order valence-corrected chi connectivity index (χ0v) is 15.3. The topological polar surface area (TPSA) is 37.0 Å². The molecule has 1 aromatic heterocycles. The Morgan fingerprint density at radius 2 is 1.96 bits per heavy atom. The summed E-state index contributed by atoms with van der Waals surface area (Å²) in [6.45, 7) is 5.01. The number of aryl methyl sites for hydroxylation is 2. The highest BCUT2D eigenvalue weighted by atomic mass is 32.2. The molecule has 1 aromatic carbocycles. The molecule has 1 heterocycles. The van der Waals surface area contributed by atoms with Gasteiger partial charge in [-0.05, 0) is 61.5 Å². The second kappa shape index (κ2) is 9.53. The van der Waals surface area contributed by atoms with Gasteiger partial charge < -0.3 is 10.6 Å². The maximum absolute atomic E-state index is 5.28. The van der Waals surface area contributed by atoms with Crippen molar-refractivity contribution in [3.63, 3.8) is 0 Å². The van der Waals surface area contributed by atoms with E-state index in [4.69, 9.17) is 12.2 Å². The van der Waals surface area contributed by atoms with Crippen molar-refractivity contribution in [2.45, 2.75) is 26.0 Å². The van der Waals surface area contributed by atoms with Gasteiger partial charge in [0.1, 0.15) is 5.82 Å². The number of aromatic nitrogens is 1. The van der Waals surface area contributed by atoms with Gasteiger partial charge in [0, 0.05) is 18.0 Å². The van der Waals surface area contributed by atoms with Gasteiger partial charge in [-0.1, -0.05) is 30.3 Å². The number of benzene rings is 1. The van der Waals surface area contributed by atoms with Crippen molar-refractivity contribution < 1.29 is 0 Å². The molecule has 0 aliphatic rings. The number of pyridine rings is 1. The van der Waals surface area contributed by atoms with Crippen molar-refractivity contribution >= 4 is 34.9 Å². The molecule has 0 fully saturated rings. The van der Waals surface area contributed by atoms with Crippen LogP contribution >= 0.6 is 24.0 Å². The lowest BCUT2D eigenvalue weighted by molar-refractivity contribution is 0.853. The van der Waals surface area contributed by atoms with E-state index in [1.807, 2.05) is 36.9 Å². The molecule has 0 aliphatic heterocycles. The molecular weight excluding hydrogens is 322 g/mol. The third-order valence-electron chi connectivity index (χ3n) is 3.40. The Labute approximate surface area is 148 Å². The van der Waals surface area contributed by atoms with E-state index < -0.39 is 0 Å². The molecule has 0 amide bonds. The monoisotopic (exact) mass is 345 g/mol. The summed E-state index contributed by atoms with van der Waals surface area (Å²) in [5.41, 5.74) is 3.77. The molecule has 5 heteroatoms. The molecule has 0 saturated heterocycles. The summed E-state index contributed by atoms with van der Waals surface area (Å²) in [6, 6.07) is 14.4. The third-order valence-corrected chi connectivity index (χ3v) is 4.74. The minimum atomic E-state index is 0.631. The normalized spacial score (nSPS) is 10.3. The lowest BCUT2D eigenvalue weighted by Crippen LogP contribution is -2.29. The highest BCUT2D eigenvalue weighted by Crippen LogP contribution is 2.16. The summed E-state index contributed by atoms with van der Waals surface area (Å²) in [6.07, 6.45) is 1.08. The quantitative estimate of drug-likeness (QED) is 0.578. The van der Waals surface area contributed by atoms with Crippen LogP contribution in [0.15, 0.2) is 42.5 Å². The van der Waals surface area contributed by atoms with E-state index in [1.165, 1.54) is 11.1 Å². The van der Waals surface area contributed by atoms with Crippen molar-refractivity contribution in [2.24, 2.45) is 0 Å². The van der Waals surface area contributed by atoms with Crippen LogP contribution in [-0.4, -0.2) is 22.4 Å². The van der Waals surface area contributed by atoms with Crippen molar-refractivity contribution in [1.29, 1.82) is 0 Å². The van der Waals surface area contributed by atoms with Crippen LogP contribution in [0.4, 0.5) is 5.82 Å². The van der Waals surface area contributed by atoms with E-state index in [1.54, 1.807) is 0 Å². The molecule has 23 heavy (non-hydrogen) atoms. The number of nitrogens with zero attached hydrogens (tertiary/aromatic N) is 1. The Morgan fingerprint density at radius 1 is 1.13 bits per heavy atom. The maximum atomic E-state index is 5.28. The van der Waals surface area contributed by atoms with Crippen LogP contribution in [0.5, 0.6) is 0 Å². The number of anilines is 1. The summed E-state index contributed by atoms with van der Waals surface area (Å²) >= 11 is 7.24. The molecule has 2 rings (SSSR count). The predicted molar refractivity (Wildman–Crippen MR) is 105 cm³/mol. The SMILES string of the molecule is Cc1cccc(NC(=S)NCCCSCc2ccccc2C)n1. The zero-order chi connectivity index (χ0) is 16.5. The molecule has 0 unspecified atom stereocenters. The van der Waals surface area contributed by atoms with Crippen LogP contribution in [0.2, 0.25) is 0 Å². The Bertz CT molecular complexity index is 644. The number of thiocarbonyl (C=S) groups is 1. The van der Waals surface area contributed by atoms with Crippen LogP contribution < -0.4 is 10.6 Å². The number of thioether (sulfide) groups is 1. The highest BCUT2D eigenvalue weighted by molar-refractivity contribution is 7.98. The minimum absolute atomic E-state index is 0.631. The first-order valence-corrected chi connectivity index (χ1v) is 9.32. The number of rotatable bonds is 7. The van der Waals surface area contributed by atoms with Gasteiger partial charge in [-0.15, -0.1) is 0 Å². The van der Waals surface area contributed by atoms with E-state index >= 15 is 0 Å². The molecular formula is C18H23N3S2. The molecule has 0 aliphatic carbocycles. The zero-order valence-electron chi connectivity index (χ0n) is 13.6.